The van der Waals surface area contributed by atoms with Crippen LogP contribution in [0.25, 0.3) is 0 Å². The first-order valence-electron chi connectivity index (χ1n) is 9.77. The van der Waals surface area contributed by atoms with E-state index in [0.717, 1.165) is 12.8 Å². The van der Waals surface area contributed by atoms with Gasteiger partial charge in [0.2, 0.25) is 20.0 Å². The van der Waals surface area contributed by atoms with Crippen LogP contribution in [0.2, 0.25) is 0 Å². The molecule has 1 aromatic rings. The summed E-state index contributed by atoms with van der Waals surface area (Å²) in [6.45, 7) is 2.08. The lowest BCUT2D eigenvalue weighted by Crippen LogP contribution is -2.43. The summed E-state index contributed by atoms with van der Waals surface area (Å²) >= 11 is 0. The monoisotopic (exact) mass is 461 g/mol. The first-order valence-corrected chi connectivity index (χ1v) is 12.8. The molecule has 0 atom stereocenters. The van der Waals surface area contributed by atoms with E-state index < -0.39 is 26.0 Å². The van der Waals surface area contributed by atoms with Crippen molar-refractivity contribution in [1.29, 1.82) is 0 Å². The van der Waals surface area contributed by atoms with Crippen LogP contribution >= 0.6 is 0 Å². The van der Waals surface area contributed by atoms with Gasteiger partial charge in [0.15, 0.2) is 0 Å². The van der Waals surface area contributed by atoms with E-state index >= 15 is 0 Å². The third kappa shape index (κ3) is 5.11. The molecule has 0 saturated carbocycles. The zero-order valence-corrected chi connectivity index (χ0v) is 18.5. The van der Waals surface area contributed by atoms with Crippen LogP contribution in [0.3, 0.4) is 0 Å². The summed E-state index contributed by atoms with van der Waals surface area (Å²) in [4.78, 5) is 12.4. The smallest absolute Gasteiger partial charge is 0.251 e. The zero-order valence-electron chi connectivity index (χ0n) is 16.9. The fraction of sp³-hybridized carbons (Fsp3) is 0.611. The maximum atomic E-state index is 12.9. The fourth-order valence-corrected chi connectivity index (χ4v) is 6.46. The number of morpholine rings is 1. The molecule has 0 spiro atoms. The van der Waals surface area contributed by atoms with Gasteiger partial charge in [-0.2, -0.15) is 8.61 Å². The Hall–Kier alpha value is -1.73. The molecule has 0 aliphatic carbocycles. The maximum absolute atomic E-state index is 12.9. The van der Waals surface area contributed by atoms with Crippen LogP contribution in [0.15, 0.2) is 23.1 Å². The minimum absolute atomic E-state index is 0.0690. The van der Waals surface area contributed by atoms with Crippen molar-refractivity contribution in [3.8, 4) is 5.75 Å². The lowest BCUT2D eigenvalue weighted by molar-refractivity contribution is 0.0730. The Kier molecular flexibility index (Phi) is 7.34. The largest absolute Gasteiger partial charge is 0.495 e. The van der Waals surface area contributed by atoms with Crippen molar-refractivity contribution < 1.29 is 31.1 Å². The Morgan fingerprint density at radius 3 is 2.37 bits per heavy atom. The van der Waals surface area contributed by atoms with E-state index in [1.807, 2.05) is 0 Å². The van der Waals surface area contributed by atoms with Crippen molar-refractivity contribution in [2.24, 2.45) is 0 Å². The topological polar surface area (TPSA) is 122 Å². The predicted octanol–water partition coefficient (Wildman–Crippen LogP) is -0.128. The highest BCUT2D eigenvalue weighted by Crippen LogP contribution is 2.29. The minimum Gasteiger partial charge on any atom is -0.495 e. The van der Waals surface area contributed by atoms with Crippen molar-refractivity contribution in [2.75, 3.05) is 58.8 Å². The number of rotatable bonds is 8. The molecular weight excluding hydrogens is 434 g/mol. The van der Waals surface area contributed by atoms with Gasteiger partial charge in [0, 0.05) is 38.3 Å². The van der Waals surface area contributed by atoms with Gasteiger partial charge in [-0.05, 0) is 31.0 Å². The molecule has 0 bridgehead atoms. The van der Waals surface area contributed by atoms with Crippen molar-refractivity contribution in [3.05, 3.63) is 23.8 Å². The summed E-state index contributed by atoms with van der Waals surface area (Å²) < 4.78 is 63.6. The van der Waals surface area contributed by atoms with Crippen molar-refractivity contribution >= 4 is 26.0 Å². The number of hydrogen-bond donors (Lipinski definition) is 1. The van der Waals surface area contributed by atoms with E-state index in [9.17, 15) is 21.6 Å². The molecule has 1 N–H and O–H groups in total. The quantitative estimate of drug-likeness (QED) is 0.572. The number of nitrogens with one attached hydrogen (secondary N) is 1. The summed E-state index contributed by atoms with van der Waals surface area (Å²) in [6, 6.07) is 4.16. The van der Waals surface area contributed by atoms with Gasteiger partial charge in [-0.25, -0.2) is 16.8 Å². The standard InChI is InChI=1S/C18H27N3O7S2/c1-27-16-5-4-15(14-17(16)30(25,26)21-7-2-3-8-21)18(22)19-6-13-29(23,24)20-9-11-28-12-10-20/h4-5,14H,2-3,6-13H2,1H3,(H,19,22). The molecule has 2 fully saturated rings. The molecule has 1 amide bonds. The lowest BCUT2D eigenvalue weighted by Gasteiger charge is -2.26. The molecule has 0 radical (unpaired) electrons. The average Bonchev–Trinajstić information content (AvgIpc) is 3.29. The highest BCUT2D eigenvalue weighted by molar-refractivity contribution is 7.89. The van der Waals surface area contributed by atoms with Crippen LogP contribution in [0.1, 0.15) is 23.2 Å². The number of amides is 1. The number of carbonyl (C=O) groups is 1. The summed E-state index contributed by atoms with van der Waals surface area (Å²) in [7, 11) is -5.91. The Labute approximate surface area is 177 Å². The van der Waals surface area contributed by atoms with Crippen LogP contribution < -0.4 is 10.1 Å². The van der Waals surface area contributed by atoms with E-state index in [1.54, 1.807) is 0 Å². The summed E-state index contributed by atoms with van der Waals surface area (Å²) in [5.41, 5.74) is 0.123. The van der Waals surface area contributed by atoms with Crippen molar-refractivity contribution in [3.63, 3.8) is 0 Å². The maximum Gasteiger partial charge on any atom is 0.251 e. The Morgan fingerprint density at radius 2 is 1.73 bits per heavy atom. The number of ether oxygens (including phenoxy) is 2. The van der Waals surface area contributed by atoms with E-state index in [1.165, 1.54) is 33.9 Å². The predicted molar refractivity (Wildman–Crippen MR) is 109 cm³/mol. The highest BCUT2D eigenvalue weighted by atomic mass is 32.2. The molecule has 168 valence electrons. The first kappa shape index (κ1) is 22.9. The van der Waals surface area contributed by atoms with Gasteiger partial charge < -0.3 is 14.8 Å². The molecule has 2 aliphatic rings. The molecule has 1 aromatic carbocycles. The van der Waals surface area contributed by atoms with Gasteiger partial charge in [0.25, 0.3) is 5.91 Å². The van der Waals surface area contributed by atoms with Crippen LogP contribution in [-0.2, 0) is 24.8 Å². The molecular formula is C18H27N3O7S2. The Morgan fingerprint density at radius 1 is 1.07 bits per heavy atom. The third-order valence-corrected chi connectivity index (χ3v) is 8.91. The molecule has 2 aliphatic heterocycles. The van der Waals surface area contributed by atoms with E-state index in [4.69, 9.17) is 9.47 Å². The van der Waals surface area contributed by atoms with E-state index in [-0.39, 0.29) is 28.5 Å². The number of nitrogens with zero attached hydrogens (tertiary/aromatic N) is 2. The molecule has 3 rings (SSSR count). The number of carbonyl (C=O) groups excluding carboxylic acids is 1. The van der Waals surface area contributed by atoms with Gasteiger partial charge in [-0.3, -0.25) is 4.79 Å². The van der Waals surface area contributed by atoms with Gasteiger partial charge >= 0.3 is 0 Å². The van der Waals surface area contributed by atoms with Crippen molar-refractivity contribution in [2.45, 2.75) is 17.7 Å². The first-order chi connectivity index (χ1) is 14.3. The lowest BCUT2D eigenvalue weighted by atomic mass is 10.2. The second-order valence-corrected chi connectivity index (χ2v) is 11.1. The Bertz CT molecular complexity index is 967. The van der Waals surface area contributed by atoms with E-state index in [0.29, 0.717) is 39.4 Å². The van der Waals surface area contributed by atoms with E-state index in [2.05, 4.69) is 5.32 Å². The molecule has 12 heteroatoms. The van der Waals surface area contributed by atoms with Crippen LogP contribution in [0.4, 0.5) is 0 Å². The molecule has 30 heavy (non-hydrogen) atoms. The molecule has 0 aromatic heterocycles. The SMILES string of the molecule is COc1ccc(C(=O)NCCS(=O)(=O)N2CCOCC2)cc1S(=O)(=O)N1CCCC1. The second kappa shape index (κ2) is 9.60. The molecule has 0 unspecified atom stereocenters. The number of sulfonamides is 2. The van der Waals surface area contributed by atoms with Gasteiger partial charge in [-0.15, -0.1) is 0 Å². The zero-order chi connectivity index (χ0) is 21.8. The average molecular weight is 462 g/mol. The summed E-state index contributed by atoms with van der Waals surface area (Å²) in [5.74, 6) is -0.630. The van der Waals surface area contributed by atoms with Crippen molar-refractivity contribution in [1.82, 2.24) is 13.9 Å². The Balaban J connectivity index is 1.69. The molecule has 2 heterocycles. The van der Waals surface area contributed by atoms with Gasteiger partial charge in [0.05, 0.1) is 26.1 Å². The van der Waals surface area contributed by atoms with Gasteiger partial charge in [0.1, 0.15) is 10.6 Å². The van der Waals surface area contributed by atoms with Crippen LogP contribution in [0.5, 0.6) is 5.75 Å². The third-order valence-electron chi connectivity index (χ3n) is 5.12. The number of methoxy groups -OCH3 is 1. The second-order valence-electron chi connectivity index (χ2n) is 7.06. The van der Waals surface area contributed by atoms with Crippen LogP contribution in [0, 0.1) is 0 Å². The molecule has 10 nitrogen and oxygen atoms in total. The molecule has 2 saturated heterocycles. The highest BCUT2D eigenvalue weighted by Gasteiger charge is 2.31. The number of hydrogen-bond acceptors (Lipinski definition) is 7. The summed E-state index contributed by atoms with van der Waals surface area (Å²) in [6.07, 6.45) is 1.58. The minimum atomic E-state index is -3.78. The summed E-state index contributed by atoms with van der Waals surface area (Å²) in [5, 5.41) is 2.55. The van der Waals surface area contributed by atoms with Gasteiger partial charge in [-0.1, -0.05) is 0 Å². The fourth-order valence-electron chi connectivity index (χ4n) is 3.44. The normalized spacial score (nSPS) is 19.0. The van der Waals surface area contributed by atoms with Crippen LogP contribution in [-0.4, -0.2) is 90.2 Å². The number of benzene rings is 1.